The summed E-state index contributed by atoms with van der Waals surface area (Å²) in [5, 5.41) is 9.44. The van der Waals surface area contributed by atoms with Gasteiger partial charge in [-0.05, 0) is 0 Å². The monoisotopic (exact) mass is 280 g/mol. The molecule has 0 radical (unpaired) electrons. The molecule has 0 unspecified atom stereocenters. The number of fused-ring (bicyclic) bond motifs is 1. The number of carbonyl (C=O) groups excluding carboxylic acids is 1. The van der Waals surface area contributed by atoms with Gasteiger partial charge in [0.15, 0.2) is 5.13 Å². The molecular weight excluding hydrogens is 268 g/mol. The van der Waals surface area contributed by atoms with Crippen LogP contribution >= 0.6 is 22.7 Å². The molecule has 0 fully saturated rings. The number of hydrogen-bond acceptors (Lipinski definition) is 6. The highest BCUT2D eigenvalue weighted by Crippen LogP contribution is 2.22. The second-order valence-electron chi connectivity index (χ2n) is 3.97. The molecule has 0 aromatic carbocycles. The smallest absolute Gasteiger partial charge is 0.233 e. The third-order valence-electron chi connectivity index (χ3n) is 2.64. The van der Waals surface area contributed by atoms with Gasteiger partial charge < -0.3 is 10.6 Å². The zero-order chi connectivity index (χ0) is 12.4. The summed E-state index contributed by atoms with van der Waals surface area (Å²) < 4.78 is 0. The fourth-order valence-electron chi connectivity index (χ4n) is 1.84. The van der Waals surface area contributed by atoms with Gasteiger partial charge in [-0.3, -0.25) is 4.79 Å². The lowest BCUT2D eigenvalue weighted by Crippen LogP contribution is -2.22. The molecule has 0 atom stereocenters. The zero-order valence-corrected chi connectivity index (χ0v) is 11.2. The molecule has 0 spiro atoms. The van der Waals surface area contributed by atoms with Gasteiger partial charge in [0.25, 0.3) is 0 Å². The Kier molecular flexibility index (Phi) is 3.35. The summed E-state index contributed by atoms with van der Waals surface area (Å²) >= 11 is 3.04. The molecule has 2 aromatic rings. The van der Waals surface area contributed by atoms with Gasteiger partial charge in [-0.25, -0.2) is 9.97 Å². The summed E-state index contributed by atoms with van der Waals surface area (Å²) in [5.74, 6) is -0.0518. The van der Waals surface area contributed by atoms with Crippen LogP contribution in [0.2, 0.25) is 0 Å². The lowest BCUT2D eigenvalue weighted by atomic mass is 10.2. The van der Waals surface area contributed by atoms with Gasteiger partial charge in [0.1, 0.15) is 5.01 Å². The largest absolute Gasteiger partial charge is 0.311 e. The average Bonchev–Trinajstić information content (AvgIpc) is 2.96. The van der Waals surface area contributed by atoms with Crippen LogP contribution in [0.4, 0.5) is 5.13 Å². The average molecular weight is 280 g/mol. The molecular formula is C11H12N4OS2. The Morgan fingerprint density at radius 1 is 1.56 bits per heavy atom. The number of aromatic nitrogens is 2. The van der Waals surface area contributed by atoms with Crippen LogP contribution in [0.3, 0.4) is 0 Å². The SMILES string of the molecule is O=C(Cc1nc2c(s1)CNCC2)Nc1nccs1. The summed E-state index contributed by atoms with van der Waals surface area (Å²) in [7, 11) is 0. The van der Waals surface area contributed by atoms with Crippen molar-refractivity contribution in [3.63, 3.8) is 0 Å². The fourth-order valence-corrected chi connectivity index (χ4v) is 3.47. The number of anilines is 1. The van der Waals surface area contributed by atoms with Gasteiger partial charge >= 0.3 is 0 Å². The Morgan fingerprint density at radius 3 is 3.28 bits per heavy atom. The van der Waals surface area contributed by atoms with E-state index in [1.54, 1.807) is 17.5 Å². The van der Waals surface area contributed by atoms with E-state index in [4.69, 9.17) is 0 Å². The molecule has 0 saturated heterocycles. The minimum atomic E-state index is -0.0518. The molecule has 0 bridgehead atoms. The number of nitrogens with one attached hydrogen (secondary N) is 2. The number of hydrogen-bond donors (Lipinski definition) is 2. The Morgan fingerprint density at radius 2 is 2.50 bits per heavy atom. The molecule has 1 aliphatic heterocycles. The summed E-state index contributed by atoms with van der Waals surface area (Å²) in [6.07, 6.45) is 2.96. The van der Waals surface area contributed by atoms with Crippen molar-refractivity contribution in [3.8, 4) is 0 Å². The Bertz CT molecular complexity index is 526. The van der Waals surface area contributed by atoms with Crippen LogP contribution in [-0.2, 0) is 24.2 Å². The number of carbonyl (C=O) groups is 1. The molecule has 3 heterocycles. The molecule has 94 valence electrons. The highest BCUT2D eigenvalue weighted by atomic mass is 32.1. The molecule has 7 heteroatoms. The second kappa shape index (κ2) is 5.13. The maximum absolute atomic E-state index is 11.8. The lowest BCUT2D eigenvalue weighted by Gasteiger charge is -2.09. The normalized spacial score (nSPS) is 14.2. The molecule has 0 aliphatic carbocycles. The summed E-state index contributed by atoms with van der Waals surface area (Å²) in [6, 6.07) is 0. The van der Waals surface area contributed by atoms with E-state index in [0.717, 1.165) is 30.2 Å². The van der Waals surface area contributed by atoms with Gasteiger partial charge in [0.05, 0.1) is 12.1 Å². The van der Waals surface area contributed by atoms with Crippen molar-refractivity contribution in [3.05, 3.63) is 27.2 Å². The van der Waals surface area contributed by atoms with Crippen molar-refractivity contribution in [1.29, 1.82) is 0 Å². The van der Waals surface area contributed by atoms with Gasteiger partial charge in [0, 0.05) is 36.0 Å². The summed E-state index contributed by atoms with van der Waals surface area (Å²) in [6.45, 7) is 1.85. The third kappa shape index (κ3) is 2.58. The van der Waals surface area contributed by atoms with Gasteiger partial charge in [-0.15, -0.1) is 22.7 Å². The van der Waals surface area contributed by atoms with Crippen molar-refractivity contribution >= 4 is 33.7 Å². The second-order valence-corrected chi connectivity index (χ2v) is 6.03. The van der Waals surface area contributed by atoms with Gasteiger partial charge in [-0.2, -0.15) is 0 Å². The van der Waals surface area contributed by atoms with Crippen LogP contribution in [0, 0.1) is 0 Å². The van der Waals surface area contributed by atoms with Crippen molar-refractivity contribution in [2.45, 2.75) is 19.4 Å². The predicted molar refractivity (Wildman–Crippen MR) is 72.0 cm³/mol. The first kappa shape index (κ1) is 11.8. The first-order chi connectivity index (χ1) is 8.81. The molecule has 5 nitrogen and oxygen atoms in total. The van der Waals surface area contributed by atoms with Crippen LogP contribution < -0.4 is 10.6 Å². The Labute approximate surface area is 112 Å². The Hall–Kier alpha value is -1.31. The van der Waals surface area contributed by atoms with Crippen molar-refractivity contribution < 1.29 is 4.79 Å². The van der Waals surface area contributed by atoms with E-state index in [2.05, 4.69) is 20.6 Å². The molecule has 2 N–H and O–H groups in total. The topological polar surface area (TPSA) is 66.9 Å². The van der Waals surface area contributed by atoms with E-state index in [1.807, 2.05) is 5.38 Å². The van der Waals surface area contributed by atoms with Crippen LogP contribution in [0.25, 0.3) is 0 Å². The summed E-state index contributed by atoms with van der Waals surface area (Å²) in [4.78, 5) is 21.6. The van der Waals surface area contributed by atoms with Crippen LogP contribution in [-0.4, -0.2) is 22.4 Å². The van der Waals surface area contributed by atoms with Crippen LogP contribution in [0.5, 0.6) is 0 Å². The van der Waals surface area contributed by atoms with E-state index in [9.17, 15) is 4.79 Å². The first-order valence-corrected chi connectivity index (χ1v) is 7.38. The highest BCUT2D eigenvalue weighted by molar-refractivity contribution is 7.13. The molecule has 1 amide bonds. The number of thiazole rings is 2. The molecule has 18 heavy (non-hydrogen) atoms. The van der Waals surface area contributed by atoms with Crippen LogP contribution in [0.15, 0.2) is 11.6 Å². The highest BCUT2D eigenvalue weighted by Gasteiger charge is 2.16. The van der Waals surface area contributed by atoms with Gasteiger partial charge in [-0.1, -0.05) is 0 Å². The van der Waals surface area contributed by atoms with Crippen molar-refractivity contribution in [2.24, 2.45) is 0 Å². The molecule has 3 rings (SSSR count). The minimum absolute atomic E-state index is 0.0518. The van der Waals surface area contributed by atoms with E-state index in [0.29, 0.717) is 11.6 Å². The molecule has 1 aliphatic rings. The molecule has 0 saturated carbocycles. The first-order valence-electron chi connectivity index (χ1n) is 5.69. The van der Waals surface area contributed by atoms with Gasteiger partial charge in [0.2, 0.25) is 5.91 Å². The minimum Gasteiger partial charge on any atom is -0.311 e. The number of rotatable bonds is 3. The zero-order valence-electron chi connectivity index (χ0n) is 9.60. The van der Waals surface area contributed by atoms with E-state index in [1.165, 1.54) is 16.2 Å². The number of nitrogens with zero attached hydrogens (tertiary/aromatic N) is 2. The maximum atomic E-state index is 11.8. The van der Waals surface area contributed by atoms with Crippen molar-refractivity contribution in [2.75, 3.05) is 11.9 Å². The quantitative estimate of drug-likeness (QED) is 0.892. The molecule has 2 aromatic heterocycles. The van der Waals surface area contributed by atoms with E-state index < -0.39 is 0 Å². The standard InChI is InChI=1S/C11H12N4OS2/c16-9(15-11-13-3-4-17-11)5-10-14-7-1-2-12-6-8(7)18-10/h3-4,12H,1-2,5-6H2,(H,13,15,16). The van der Waals surface area contributed by atoms with E-state index >= 15 is 0 Å². The van der Waals surface area contributed by atoms with Crippen LogP contribution in [0.1, 0.15) is 15.6 Å². The van der Waals surface area contributed by atoms with E-state index in [-0.39, 0.29) is 5.91 Å². The summed E-state index contributed by atoms with van der Waals surface area (Å²) in [5.41, 5.74) is 1.15. The Balaban J connectivity index is 1.65. The predicted octanol–water partition coefficient (Wildman–Crippen LogP) is 1.43. The lowest BCUT2D eigenvalue weighted by molar-refractivity contribution is -0.115. The number of amides is 1. The third-order valence-corrected chi connectivity index (χ3v) is 4.42. The van der Waals surface area contributed by atoms with Crippen molar-refractivity contribution in [1.82, 2.24) is 15.3 Å². The fraction of sp³-hybridized carbons (Fsp3) is 0.364. The maximum Gasteiger partial charge on any atom is 0.233 e.